The van der Waals surface area contributed by atoms with Gasteiger partial charge < -0.3 is 29.6 Å². The van der Waals surface area contributed by atoms with Crippen molar-refractivity contribution in [1.82, 2.24) is 24.5 Å². The number of nitrogens with zero attached hydrogens (tertiary/aromatic N) is 5. The molecule has 1 aliphatic carbocycles. The van der Waals surface area contributed by atoms with Crippen LogP contribution in [0.15, 0.2) is 96.2 Å². The SMILES string of the molecule is CN1CC=C(c2ccccc2[C@@H]2CCCN2C2CC3(CCN(c4ccc(C(=O)NS(=O)(=O)c5ccc(NCC6CCOCC6)c([N+](=O)[O-])c5)c(Oc5cnc6[nH]ccc6c5)c4)CC3)C2)CC1. The van der Waals surface area contributed by atoms with Gasteiger partial charge in [0.15, 0.2) is 0 Å². The zero-order valence-electron chi connectivity index (χ0n) is 37.4. The highest BCUT2D eigenvalue weighted by Gasteiger charge is 2.50. The Hall–Kier alpha value is -5.81. The first-order chi connectivity index (χ1) is 32.0. The van der Waals surface area contributed by atoms with E-state index in [-0.39, 0.29) is 22.9 Å². The van der Waals surface area contributed by atoms with Crippen LogP contribution in [0.4, 0.5) is 17.1 Å². The van der Waals surface area contributed by atoms with E-state index in [1.165, 1.54) is 54.5 Å². The number of carbonyl (C=O) groups excluding carboxylic acids is 1. The van der Waals surface area contributed by atoms with Crippen LogP contribution in [0, 0.1) is 21.4 Å². The van der Waals surface area contributed by atoms with E-state index in [2.05, 4.69) is 72.1 Å². The molecule has 1 amide bonds. The molecule has 0 bridgehead atoms. The number of amides is 1. The molecule has 10 rings (SSSR count). The molecule has 0 radical (unpaired) electrons. The molecule has 3 saturated heterocycles. The third kappa shape index (κ3) is 9.15. The van der Waals surface area contributed by atoms with Gasteiger partial charge in [-0.1, -0.05) is 30.3 Å². The Morgan fingerprint density at radius 2 is 1.82 bits per heavy atom. The number of anilines is 2. The largest absolute Gasteiger partial charge is 0.455 e. The molecule has 0 unspecified atom stereocenters. The van der Waals surface area contributed by atoms with E-state index in [4.69, 9.17) is 9.47 Å². The second kappa shape index (κ2) is 18.5. The highest BCUT2D eigenvalue weighted by Crippen LogP contribution is 2.54. The Morgan fingerprint density at radius 1 is 1.00 bits per heavy atom. The summed E-state index contributed by atoms with van der Waals surface area (Å²) in [5, 5.41) is 16.0. The van der Waals surface area contributed by atoms with E-state index < -0.39 is 31.4 Å². The number of carbonyl (C=O) groups is 1. The van der Waals surface area contributed by atoms with Crippen LogP contribution in [0.25, 0.3) is 16.6 Å². The molecular weight excluding hydrogens is 857 g/mol. The van der Waals surface area contributed by atoms with Crippen LogP contribution in [-0.4, -0.2) is 105 Å². The Balaban J connectivity index is 0.833. The number of H-pyrrole nitrogens is 1. The standard InChI is InChI=1S/C50H58N8O7S/c1-55-21-13-35(14-22-55)41-5-2-3-6-42(41)45-7-4-20-57(45)38-30-50(31-38)17-23-56(24-18-50)37-8-10-43(47(28-37)65-39-27-36-12-19-51-48(36)53-33-39)49(59)54-66(62,63)40-9-11-44(46(29-40)58(60)61)52-32-34-15-25-64-26-16-34/h2-3,5-6,8-13,19,27-29,33-34,38,45,52H,4,7,14-18,20-26,30-32H2,1H3,(H,51,53)(H,54,59)/t45-/m0/s1. The molecule has 5 aromatic rings. The minimum atomic E-state index is -4.54. The summed E-state index contributed by atoms with van der Waals surface area (Å²) in [7, 11) is -2.36. The fraction of sp³-hybridized carbons (Fsp3) is 0.440. The van der Waals surface area contributed by atoms with E-state index in [9.17, 15) is 23.3 Å². The number of hydrogen-bond acceptors (Lipinski definition) is 12. The lowest BCUT2D eigenvalue weighted by Crippen LogP contribution is -2.54. The maximum atomic E-state index is 14.0. The molecule has 4 aliphatic heterocycles. The molecule has 5 aliphatic rings. The first-order valence-corrected chi connectivity index (χ1v) is 24.9. The van der Waals surface area contributed by atoms with Gasteiger partial charge in [0.2, 0.25) is 0 Å². The zero-order valence-corrected chi connectivity index (χ0v) is 38.2. The minimum Gasteiger partial charge on any atom is -0.455 e. The number of nitro benzene ring substituents is 1. The summed E-state index contributed by atoms with van der Waals surface area (Å²) in [5.74, 6) is -0.113. The van der Waals surface area contributed by atoms with Crippen LogP contribution in [0.5, 0.6) is 11.5 Å². The number of aromatic amines is 1. The second-order valence-corrected chi connectivity index (χ2v) is 20.6. The second-order valence-electron chi connectivity index (χ2n) is 19.0. The van der Waals surface area contributed by atoms with Crippen molar-refractivity contribution >= 4 is 49.6 Å². The van der Waals surface area contributed by atoms with E-state index in [1.54, 1.807) is 30.6 Å². The summed E-state index contributed by atoms with van der Waals surface area (Å²) in [6.07, 6.45) is 15.4. The Morgan fingerprint density at radius 3 is 2.61 bits per heavy atom. The average molecular weight is 915 g/mol. The number of rotatable bonds is 13. The number of fused-ring (bicyclic) bond motifs is 1. The van der Waals surface area contributed by atoms with Gasteiger partial charge in [0.1, 0.15) is 22.8 Å². The van der Waals surface area contributed by atoms with E-state index in [0.717, 1.165) is 82.0 Å². The molecule has 6 heterocycles. The van der Waals surface area contributed by atoms with Crippen LogP contribution in [0.2, 0.25) is 0 Å². The molecule has 346 valence electrons. The van der Waals surface area contributed by atoms with Crippen LogP contribution in [0.1, 0.15) is 85.3 Å². The lowest BCUT2D eigenvalue weighted by Gasteiger charge is -2.56. The highest BCUT2D eigenvalue weighted by molar-refractivity contribution is 7.90. The number of hydrogen-bond donors (Lipinski definition) is 3. The molecule has 2 aromatic heterocycles. The van der Waals surface area contributed by atoms with Gasteiger partial charge in [0, 0.05) is 87.4 Å². The van der Waals surface area contributed by atoms with Crippen molar-refractivity contribution in [3.8, 4) is 11.5 Å². The predicted molar refractivity (Wildman–Crippen MR) is 255 cm³/mol. The van der Waals surface area contributed by atoms with Gasteiger partial charge in [-0.05, 0) is 136 Å². The van der Waals surface area contributed by atoms with E-state index >= 15 is 0 Å². The number of nitro groups is 1. The van der Waals surface area contributed by atoms with Gasteiger partial charge in [-0.25, -0.2) is 18.1 Å². The number of benzene rings is 3. The van der Waals surface area contributed by atoms with Gasteiger partial charge in [-0.15, -0.1) is 0 Å². The van der Waals surface area contributed by atoms with Crippen LogP contribution >= 0.6 is 0 Å². The van der Waals surface area contributed by atoms with Crippen molar-refractivity contribution in [2.24, 2.45) is 11.3 Å². The van der Waals surface area contributed by atoms with Gasteiger partial charge in [-0.2, -0.15) is 0 Å². The summed E-state index contributed by atoms with van der Waals surface area (Å²) in [5.41, 5.74) is 6.04. The van der Waals surface area contributed by atoms with Gasteiger partial charge in [0.25, 0.3) is 21.6 Å². The van der Waals surface area contributed by atoms with Gasteiger partial charge in [-0.3, -0.25) is 19.8 Å². The van der Waals surface area contributed by atoms with Crippen molar-refractivity contribution in [2.75, 3.05) is 69.7 Å². The first kappa shape index (κ1) is 44.0. The predicted octanol–water partition coefficient (Wildman–Crippen LogP) is 8.53. The smallest absolute Gasteiger partial charge is 0.293 e. The lowest BCUT2D eigenvalue weighted by atomic mass is 9.59. The Labute approximate surface area is 385 Å². The summed E-state index contributed by atoms with van der Waals surface area (Å²) in [6, 6.07) is 22.6. The summed E-state index contributed by atoms with van der Waals surface area (Å²) >= 11 is 0. The molecular formula is C50H58N8O7S. The molecule has 1 saturated carbocycles. The third-order valence-corrected chi connectivity index (χ3v) is 16.1. The van der Waals surface area contributed by atoms with E-state index in [1.807, 2.05) is 12.1 Å². The first-order valence-electron chi connectivity index (χ1n) is 23.4. The third-order valence-electron chi connectivity index (χ3n) is 14.8. The average Bonchev–Trinajstić information content (AvgIpc) is 4.01. The Bertz CT molecular complexity index is 2750. The minimum absolute atomic E-state index is 0.00934. The molecule has 3 aromatic carbocycles. The van der Waals surface area contributed by atoms with Crippen molar-refractivity contribution < 1.29 is 27.6 Å². The molecule has 15 nitrogen and oxygen atoms in total. The number of nitrogens with one attached hydrogen (secondary N) is 3. The number of likely N-dealkylation sites (tertiary alicyclic amines) is 1. The molecule has 66 heavy (non-hydrogen) atoms. The maximum absolute atomic E-state index is 14.0. The number of aromatic nitrogens is 2. The van der Waals surface area contributed by atoms with Gasteiger partial charge >= 0.3 is 0 Å². The fourth-order valence-electron chi connectivity index (χ4n) is 11.0. The summed E-state index contributed by atoms with van der Waals surface area (Å²) in [6.45, 7) is 6.68. The molecule has 4 fully saturated rings. The van der Waals surface area contributed by atoms with E-state index in [0.29, 0.717) is 48.7 Å². The molecule has 16 heteroatoms. The van der Waals surface area contributed by atoms with Crippen molar-refractivity contribution in [3.05, 3.63) is 118 Å². The van der Waals surface area contributed by atoms with Crippen LogP contribution in [0.3, 0.4) is 0 Å². The van der Waals surface area contributed by atoms with Gasteiger partial charge in [0.05, 0.1) is 21.6 Å². The molecule has 1 atom stereocenters. The zero-order chi connectivity index (χ0) is 45.4. The fourth-order valence-corrected chi connectivity index (χ4v) is 12.0. The quantitative estimate of drug-likeness (QED) is 0.0760. The summed E-state index contributed by atoms with van der Waals surface area (Å²) < 4.78 is 41.4. The van der Waals surface area contributed by atoms with Crippen LogP contribution in [-0.2, 0) is 14.8 Å². The maximum Gasteiger partial charge on any atom is 0.293 e. The lowest BCUT2D eigenvalue weighted by molar-refractivity contribution is -0.384. The normalized spacial score (nSPS) is 20.8. The number of ether oxygens (including phenoxy) is 2. The number of piperidine rings is 1. The van der Waals surface area contributed by atoms with Crippen molar-refractivity contribution in [3.63, 3.8) is 0 Å². The monoisotopic (exact) mass is 914 g/mol. The molecule has 1 spiro atoms. The summed E-state index contributed by atoms with van der Waals surface area (Å²) in [4.78, 5) is 40.1. The highest BCUT2D eigenvalue weighted by atomic mass is 32.2. The number of sulfonamides is 1. The van der Waals surface area contributed by atoms with Crippen molar-refractivity contribution in [2.45, 2.75) is 74.8 Å². The number of pyridine rings is 1. The topological polar surface area (TPSA) is 175 Å². The van der Waals surface area contributed by atoms with Crippen LogP contribution < -0.4 is 19.7 Å². The number of likely N-dealkylation sites (N-methyl/N-ethyl adjacent to an activating group) is 1. The Kier molecular flexibility index (Phi) is 12.3. The van der Waals surface area contributed by atoms with Crippen molar-refractivity contribution in [1.29, 1.82) is 0 Å². The molecule has 3 N–H and O–H groups in total.